The molecule has 1 fully saturated rings. The summed E-state index contributed by atoms with van der Waals surface area (Å²) in [5.74, 6) is 0.110. The molecule has 1 saturated heterocycles. The van der Waals surface area contributed by atoms with Crippen molar-refractivity contribution in [1.82, 2.24) is 14.9 Å². The summed E-state index contributed by atoms with van der Waals surface area (Å²) in [7, 11) is 0. The zero-order valence-corrected chi connectivity index (χ0v) is 10.9. The highest BCUT2D eigenvalue weighted by atomic mass is 32.1. The van der Waals surface area contributed by atoms with E-state index in [0.29, 0.717) is 0 Å². The van der Waals surface area contributed by atoms with Crippen LogP contribution in [-0.2, 0) is 0 Å². The molecule has 92 valence electrons. The Balaban J connectivity index is 1.93. The summed E-state index contributed by atoms with van der Waals surface area (Å²) >= 11 is 1.43. The first-order valence-electron chi connectivity index (χ1n) is 5.94. The number of hydrogen-bond donors (Lipinski definition) is 0. The molecule has 5 heteroatoms. The maximum atomic E-state index is 12.2. The Hall–Kier alpha value is -1.75. The average molecular weight is 259 g/mol. The van der Waals surface area contributed by atoms with Crippen molar-refractivity contribution in [2.45, 2.75) is 13.3 Å². The lowest BCUT2D eigenvalue weighted by molar-refractivity contribution is 0.0656. The van der Waals surface area contributed by atoms with Crippen LogP contribution in [0.5, 0.6) is 0 Å². The lowest BCUT2D eigenvalue weighted by atomic mass is 10.2. The number of likely N-dealkylation sites (tertiary alicyclic amines) is 1. The highest BCUT2D eigenvalue weighted by molar-refractivity contribution is 7.17. The van der Waals surface area contributed by atoms with E-state index < -0.39 is 0 Å². The third kappa shape index (κ3) is 1.90. The van der Waals surface area contributed by atoms with E-state index >= 15 is 0 Å². The van der Waals surface area contributed by atoms with Gasteiger partial charge >= 0.3 is 0 Å². The third-order valence-corrected chi connectivity index (χ3v) is 4.19. The molecular weight excluding hydrogens is 246 g/mol. The van der Waals surface area contributed by atoms with Crippen LogP contribution in [-0.4, -0.2) is 33.9 Å². The average Bonchev–Trinajstić information content (AvgIpc) is 2.70. The van der Waals surface area contributed by atoms with E-state index in [2.05, 4.69) is 9.97 Å². The van der Waals surface area contributed by atoms with Crippen molar-refractivity contribution in [1.29, 1.82) is 0 Å². The predicted molar refractivity (Wildman–Crippen MR) is 70.6 cm³/mol. The number of aryl methyl sites for hydroxylation is 1. The number of aromatic nitrogens is 2. The molecule has 0 bridgehead atoms. The van der Waals surface area contributed by atoms with E-state index in [-0.39, 0.29) is 5.91 Å². The Bertz CT molecular complexity index is 575. The van der Waals surface area contributed by atoms with Crippen LogP contribution in [0.3, 0.4) is 0 Å². The summed E-state index contributed by atoms with van der Waals surface area (Å²) in [5.41, 5.74) is 1.63. The molecule has 0 spiro atoms. The second-order valence-corrected chi connectivity index (χ2v) is 5.29. The molecular formula is C13H13N3OS. The smallest absolute Gasteiger partial charge is 0.265 e. The molecule has 3 rings (SSSR count). The van der Waals surface area contributed by atoms with Crippen molar-refractivity contribution in [3.8, 4) is 10.7 Å². The number of carbonyl (C=O) groups is 1. The highest BCUT2D eigenvalue weighted by Gasteiger charge is 2.25. The zero-order chi connectivity index (χ0) is 12.5. The quantitative estimate of drug-likeness (QED) is 0.831. The molecule has 0 aliphatic carbocycles. The van der Waals surface area contributed by atoms with Gasteiger partial charge in [-0.15, -0.1) is 11.3 Å². The van der Waals surface area contributed by atoms with Gasteiger partial charge in [0.05, 0.1) is 11.4 Å². The van der Waals surface area contributed by atoms with Crippen LogP contribution in [0.15, 0.2) is 24.4 Å². The summed E-state index contributed by atoms with van der Waals surface area (Å²) in [6, 6.07) is 5.71. The van der Waals surface area contributed by atoms with E-state index in [1.807, 2.05) is 30.0 Å². The van der Waals surface area contributed by atoms with Crippen LogP contribution < -0.4 is 0 Å². The van der Waals surface area contributed by atoms with E-state index in [0.717, 1.165) is 40.8 Å². The number of hydrogen-bond acceptors (Lipinski definition) is 4. The first-order chi connectivity index (χ1) is 8.75. The van der Waals surface area contributed by atoms with Gasteiger partial charge in [-0.05, 0) is 25.5 Å². The van der Waals surface area contributed by atoms with Gasteiger partial charge in [-0.1, -0.05) is 6.07 Å². The van der Waals surface area contributed by atoms with E-state index in [4.69, 9.17) is 0 Å². The van der Waals surface area contributed by atoms with Crippen molar-refractivity contribution in [3.63, 3.8) is 0 Å². The Morgan fingerprint density at radius 1 is 1.39 bits per heavy atom. The van der Waals surface area contributed by atoms with Crippen LogP contribution in [0.1, 0.15) is 21.8 Å². The summed E-state index contributed by atoms with van der Waals surface area (Å²) in [6.07, 6.45) is 2.85. The van der Waals surface area contributed by atoms with Gasteiger partial charge in [0.1, 0.15) is 9.88 Å². The fourth-order valence-electron chi connectivity index (χ4n) is 1.86. The first kappa shape index (κ1) is 11.3. The van der Waals surface area contributed by atoms with E-state index in [1.54, 1.807) is 6.20 Å². The van der Waals surface area contributed by atoms with E-state index in [9.17, 15) is 4.79 Å². The number of thiazole rings is 1. The molecule has 18 heavy (non-hydrogen) atoms. The van der Waals surface area contributed by atoms with Gasteiger partial charge in [-0.3, -0.25) is 9.78 Å². The minimum atomic E-state index is 0.110. The molecule has 2 aromatic heterocycles. The number of rotatable bonds is 2. The van der Waals surface area contributed by atoms with Gasteiger partial charge in [0, 0.05) is 19.3 Å². The van der Waals surface area contributed by atoms with Gasteiger partial charge in [0.25, 0.3) is 5.91 Å². The van der Waals surface area contributed by atoms with Gasteiger partial charge in [0.2, 0.25) is 0 Å². The fourth-order valence-corrected chi connectivity index (χ4v) is 2.87. The van der Waals surface area contributed by atoms with Crippen molar-refractivity contribution in [2.24, 2.45) is 0 Å². The van der Waals surface area contributed by atoms with Crippen molar-refractivity contribution in [3.05, 3.63) is 35.0 Å². The van der Waals surface area contributed by atoms with Crippen molar-refractivity contribution in [2.75, 3.05) is 13.1 Å². The van der Waals surface area contributed by atoms with Gasteiger partial charge in [0.15, 0.2) is 0 Å². The molecule has 2 aromatic rings. The predicted octanol–water partition coefficient (Wildman–Crippen LogP) is 2.36. The fraction of sp³-hybridized carbons (Fsp3) is 0.308. The molecule has 4 nitrogen and oxygen atoms in total. The lowest BCUT2D eigenvalue weighted by Gasteiger charge is -2.30. The molecule has 1 amide bonds. The standard InChI is InChI=1S/C13H13N3OS/c1-9-11(13(17)16-7-4-8-16)18-12(15-9)10-5-2-3-6-14-10/h2-3,5-6H,4,7-8H2,1H3. The number of carbonyl (C=O) groups excluding carboxylic acids is 1. The largest absolute Gasteiger partial charge is 0.338 e. The molecule has 3 heterocycles. The highest BCUT2D eigenvalue weighted by Crippen LogP contribution is 2.28. The molecule has 0 saturated carbocycles. The van der Waals surface area contributed by atoms with Gasteiger partial charge in [-0.2, -0.15) is 0 Å². The van der Waals surface area contributed by atoms with Crippen LogP contribution in [0.4, 0.5) is 0 Å². The summed E-state index contributed by atoms with van der Waals surface area (Å²) in [4.78, 5) is 23.5. The lowest BCUT2D eigenvalue weighted by Crippen LogP contribution is -2.41. The molecule has 1 aliphatic rings. The van der Waals surface area contributed by atoms with Gasteiger partial charge in [-0.25, -0.2) is 4.98 Å². The summed E-state index contributed by atoms with van der Waals surface area (Å²) in [6.45, 7) is 3.63. The maximum Gasteiger partial charge on any atom is 0.265 e. The Morgan fingerprint density at radius 3 is 2.83 bits per heavy atom. The minimum absolute atomic E-state index is 0.110. The van der Waals surface area contributed by atoms with Crippen molar-refractivity contribution >= 4 is 17.2 Å². The zero-order valence-electron chi connectivity index (χ0n) is 10.1. The van der Waals surface area contributed by atoms with Crippen LogP contribution in [0.25, 0.3) is 10.7 Å². The Labute approximate surface area is 109 Å². The molecule has 0 atom stereocenters. The van der Waals surface area contributed by atoms with Crippen LogP contribution in [0.2, 0.25) is 0 Å². The first-order valence-corrected chi connectivity index (χ1v) is 6.75. The summed E-state index contributed by atoms with van der Waals surface area (Å²) < 4.78 is 0. The minimum Gasteiger partial charge on any atom is -0.338 e. The third-order valence-electron chi connectivity index (χ3n) is 3.02. The Kier molecular flexibility index (Phi) is 2.83. The van der Waals surface area contributed by atoms with E-state index in [1.165, 1.54) is 11.3 Å². The number of nitrogens with zero attached hydrogens (tertiary/aromatic N) is 3. The monoisotopic (exact) mass is 259 g/mol. The molecule has 1 aliphatic heterocycles. The molecule has 0 aromatic carbocycles. The second kappa shape index (κ2) is 4.49. The summed E-state index contributed by atoms with van der Waals surface area (Å²) in [5, 5.41) is 0.817. The van der Waals surface area contributed by atoms with Gasteiger partial charge < -0.3 is 4.90 Å². The topological polar surface area (TPSA) is 46.1 Å². The maximum absolute atomic E-state index is 12.2. The van der Waals surface area contributed by atoms with Crippen LogP contribution in [0, 0.1) is 6.92 Å². The number of amides is 1. The second-order valence-electron chi connectivity index (χ2n) is 4.29. The Morgan fingerprint density at radius 2 is 2.22 bits per heavy atom. The van der Waals surface area contributed by atoms with Crippen LogP contribution >= 0.6 is 11.3 Å². The number of pyridine rings is 1. The SMILES string of the molecule is Cc1nc(-c2ccccn2)sc1C(=O)N1CCC1. The molecule has 0 radical (unpaired) electrons. The molecule has 0 N–H and O–H groups in total. The normalized spacial score (nSPS) is 14.4. The van der Waals surface area contributed by atoms with Crippen molar-refractivity contribution < 1.29 is 4.79 Å². The molecule has 0 unspecified atom stereocenters.